The van der Waals surface area contributed by atoms with E-state index in [1.54, 1.807) is 0 Å². The van der Waals surface area contributed by atoms with E-state index in [-0.39, 0.29) is 24.0 Å². The molecular formula is C14H22IN3. The molecule has 0 aromatic heterocycles. The average molecular weight is 359 g/mol. The summed E-state index contributed by atoms with van der Waals surface area (Å²) >= 11 is 0. The second-order valence-electron chi connectivity index (χ2n) is 4.76. The Labute approximate surface area is 126 Å². The van der Waals surface area contributed by atoms with Crippen molar-refractivity contribution in [3.63, 3.8) is 0 Å². The molecule has 3 nitrogen and oxygen atoms in total. The molecule has 2 N–H and O–H groups in total. The van der Waals surface area contributed by atoms with Crippen molar-refractivity contribution in [1.82, 2.24) is 10.6 Å². The monoisotopic (exact) mass is 359 g/mol. The van der Waals surface area contributed by atoms with E-state index in [0.717, 1.165) is 32.0 Å². The molecule has 0 fully saturated rings. The highest BCUT2D eigenvalue weighted by Crippen LogP contribution is 2.15. The van der Waals surface area contributed by atoms with E-state index in [1.165, 1.54) is 11.1 Å². The third kappa shape index (κ3) is 4.48. The third-order valence-electron chi connectivity index (χ3n) is 2.97. The summed E-state index contributed by atoms with van der Waals surface area (Å²) in [6.07, 6.45) is 1.13. The van der Waals surface area contributed by atoms with E-state index < -0.39 is 0 Å². The highest BCUT2D eigenvalue weighted by Gasteiger charge is 2.04. The first kappa shape index (κ1) is 15.3. The van der Waals surface area contributed by atoms with Gasteiger partial charge >= 0.3 is 0 Å². The minimum absolute atomic E-state index is 0. The molecule has 1 aliphatic heterocycles. The van der Waals surface area contributed by atoms with Gasteiger partial charge in [0.25, 0.3) is 0 Å². The van der Waals surface area contributed by atoms with Crippen LogP contribution in [0.15, 0.2) is 29.3 Å². The van der Waals surface area contributed by atoms with Gasteiger partial charge in [0.2, 0.25) is 0 Å². The lowest BCUT2D eigenvalue weighted by atomic mass is 10.0. The van der Waals surface area contributed by atoms with Crippen molar-refractivity contribution in [2.75, 3.05) is 13.1 Å². The summed E-state index contributed by atoms with van der Waals surface area (Å²) in [5.74, 6) is 1.52. The minimum atomic E-state index is 0. The Morgan fingerprint density at radius 3 is 2.89 bits per heavy atom. The molecule has 4 heteroatoms. The van der Waals surface area contributed by atoms with Crippen molar-refractivity contribution in [3.05, 3.63) is 35.4 Å². The fourth-order valence-corrected chi connectivity index (χ4v) is 1.90. The molecule has 1 aromatic rings. The Morgan fingerprint density at radius 2 is 2.22 bits per heavy atom. The molecule has 2 rings (SSSR count). The zero-order valence-electron chi connectivity index (χ0n) is 11.1. The lowest BCUT2D eigenvalue weighted by molar-refractivity contribution is 0.701. The predicted octanol–water partition coefficient (Wildman–Crippen LogP) is 2.87. The molecule has 0 unspecified atom stereocenters. The Balaban J connectivity index is 0.00000162. The fraction of sp³-hybridized carbons (Fsp3) is 0.500. The van der Waals surface area contributed by atoms with Gasteiger partial charge in [-0.25, -0.2) is 0 Å². The zero-order valence-corrected chi connectivity index (χ0v) is 13.4. The van der Waals surface area contributed by atoms with Crippen LogP contribution in [0, 0.1) is 0 Å². The first-order valence-corrected chi connectivity index (χ1v) is 6.37. The number of guanidine groups is 1. The van der Waals surface area contributed by atoms with E-state index in [1.807, 2.05) is 0 Å². The van der Waals surface area contributed by atoms with Crippen LogP contribution < -0.4 is 10.6 Å². The first-order chi connectivity index (χ1) is 8.25. The summed E-state index contributed by atoms with van der Waals surface area (Å²) < 4.78 is 0. The minimum Gasteiger partial charge on any atom is -0.356 e. The summed E-state index contributed by atoms with van der Waals surface area (Å²) in [4.78, 5) is 4.40. The van der Waals surface area contributed by atoms with Crippen molar-refractivity contribution < 1.29 is 0 Å². The predicted molar refractivity (Wildman–Crippen MR) is 87.7 cm³/mol. The molecule has 1 aromatic carbocycles. The second-order valence-corrected chi connectivity index (χ2v) is 4.76. The number of halogens is 1. The van der Waals surface area contributed by atoms with E-state index in [0.29, 0.717) is 5.92 Å². The Kier molecular flexibility index (Phi) is 6.46. The third-order valence-corrected chi connectivity index (χ3v) is 2.97. The maximum Gasteiger partial charge on any atom is 0.191 e. The average Bonchev–Trinajstić information content (AvgIpc) is 2.38. The highest BCUT2D eigenvalue weighted by atomic mass is 127. The Hall–Kier alpha value is -0.780. The van der Waals surface area contributed by atoms with Crippen LogP contribution in [0.25, 0.3) is 0 Å². The van der Waals surface area contributed by atoms with Gasteiger partial charge in [0.15, 0.2) is 5.96 Å². The summed E-state index contributed by atoms with van der Waals surface area (Å²) in [5, 5.41) is 6.61. The second kappa shape index (κ2) is 7.61. The Bertz CT molecular complexity index is 402. The number of nitrogens with zero attached hydrogens (tertiary/aromatic N) is 1. The molecule has 0 atom stereocenters. The molecule has 1 aliphatic rings. The first-order valence-electron chi connectivity index (χ1n) is 6.37. The van der Waals surface area contributed by atoms with Crippen LogP contribution in [0.3, 0.4) is 0 Å². The van der Waals surface area contributed by atoms with Crippen molar-refractivity contribution in [1.29, 1.82) is 0 Å². The molecule has 1 heterocycles. The lowest BCUT2D eigenvalue weighted by Gasteiger charge is -2.16. The largest absolute Gasteiger partial charge is 0.356 e. The van der Waals surface area contributed by atoms with Crippen LogP contribution in [0.1, 0.15) is 37.3 Å². The smallest absolute Gasteiger partial charge is 0.191 e. The van der Waals surface area contributed by atoms with Crippen molar-refractivity contribution in [2.24, 2.45) is 4.99 Å². The molecule has 0 spiro atoms. The van der Waals surface area contributed by atoms with Crippen molar-refractivity contribution in [2.45, 2.75) is 32.7 Å². The number of hydrogen-bond acceptors (Lipinski definition) is 3. The summed E-state index contributed by atoms with van der Waals surface area (Å²) in [6.45, 7) is 7.24. The SMILES string of the molecule is CC(C)c1cccc(CNC2=NCCCN2)c1.I. The molecular weight excluding hydrogens is 337 g/mol. The van der Waals surface area contributed by atoms with Gasteiger partial charge in [-0.2, -0.15) is 0 Å². The molecule has 0 amide bonds. The van der Waals surface area contributed by atoms with Crippen LogP contribution >= 0.6 is 24.0 Å². The quantitative estimate of drug-likeness (QED) is 0.815. The number of hydrogen-bond donors (Lipinski definition) is 2. The van der Waals surface area contributed by atoms with Gasteiger partial charge < -0.3 is 10.6 Å². The molecule has 0 aliphatic carbocycles. The number of nitrogens with one attached hydrogen (secondary N) is 2. The van der Waals surface area contributed by atoms with Crippen molar-refractivity contribution in [3.8, 4) is 0 Å². The normalized spacial score (nSPS) is 14.5. The van der Waals surface area contributed by atoms with E-state index in [2.05, 4.69) is 53.7 Å². The Morgan fingerprint density at radius 1 is 1.39 bits per heavy atom. The molecule has 18 heavy (non-hydrogen) atoms. The van der Waals surface area contributed by atoms with Gasteiger partial charge in [-0.05, 0) is 23.5 Å². The van der Waals surface area contributed by atoms with Crippen LogP contribution in [0.4, 0.5) is 0 Å². The van der Waals surface area contributed by atoms with Gasteiger partial charge in [-0.15, -0.1) is 24.0 Å². The van der Waals surface area contributed by atoms with Crippen LogP contribution in [0.5, 0.6) is 0 Å². The van der Waals surface area contributed by atoms with Gasteiger partial charge in [0, 0.05) is 19.6 Å². The summed E-state index contributed by atoms with van der Waals surface area (Å²) in [6, 6.07) is 8.73. The van der Waals surface area contributed by atoms with Gasteiger partial charge in [0.1, 0.15) is 0 Å². The maximum absolute atomic E-state index is 4.40. The molecule has 0 saturated heterocycles. The van der Waals surface area contributed by atoms with Gasteiger partial charge in [-0.3, -0.25) is 4.99 Å². The van der Waals surface area contributed by atoms with E-state index in [4.69, 9.17) is 0 Å². The van der Waals surface area contributed by atoms with E-state index in [9.17, 15) is 0 Å². The standard InChI is InChI=1S/C14H21N3.HI/c1-11(2)13-6-3-5-12(9-13)10-17-14-15-7-4-8-16-14;/h3,5-6,9,11H,4,7-8,10H2,1-2H3,(H2,15,16,17);1H. The van der Waals surface area contributed by atoms with Gasteiger partial charge in [-0.1, -0.05) is 38.1 Å². The molecule has 0 saturated carbocycles. The zero-order chi connectivity index (χ0) is 12.1. The molecule has 100 valence electrons. The lowest BCUT2D eigenvalue weighted by Crippen LogP contribution is -2.40. The van der Waals surface area contributed by atoms with E-state index >= 15 is 0 Å². The number of aliphatic imine (C=N–C) groups is 1. The van der Waals surface area contributed by atoms with Crippen LogP contribution in [-0.2, 0) is 6.54 Å². The summed E-state index contributed by atoms with van der Waals surface area (Å²) in [5.41, 5.74) is 2.70. The number of benzene rings is 1. The van der Waals surface area contributed by atoms with Crippen LogP contribution in [0.2, 0.25) is 0 Å². The highest BCUT2D eigenvalue weighted by molar-refractivity contribution is 14.0. The van der Waals surface area contributed by atoms with Gasteiger partial charge in [0.05, 0.1) is 0 Å². The molecule has 0 radical (unpaired) electrons. The molecule has 0 bridgehead atoms. The maximum atomic E-state index is 4.40. The van der Waals surface area contributed by atoms with Crippen LogP contribution in [-0.4, -0.2) is 19.0 Å². The topological polar surface area (TPSA) is 36.4 Å². The summed E-state index contributed by atoms with van der Waals surface area (Å²) in [7, 11) is 0. The van der Waals surface area contributed by atoms with Crippen molar-refractivity contribution >= 4 is 29.9 Å². The fourth-order valence-electron chi connectivity index (χ4n) is 1.90. The number of rotatable bonds is 3.